The summed E-state index contributed by atoms with van der Waals surface area (Å²) in [6.07, 6.45) is 0.0777. The van der Waals surface area contributed by atoms with E-state index in [0.717, 1.165) is 24.5 Å². The molecule has 25 heavy (non-hydrogen) atoms. The third-order valence-electron chi connectivity index (χ3n) is 3.44. The van der Waals surface area contributed by atoms with Crippen LogP contribution in [0, 0.1) is 0 Å². The first-order chi connectivity index (χ1) is 11.3. The van der Waals surface area contributed by atoms with E-state index >= 15 is 0 Å². The number of fused-ring (bicyclic) bond motifs is 1. The summed E-state index contributed by atoms with van der Waals surface area (Å²) in [5.74, 6) is -3.54. The second-order valence-electron chi connectivity index (χ2n) is 5.38. The number of nitrogens with two attached hydrogens (primary N) is 1. The first kappa shape index (κ1) is 23.7. The lowest BCUT2D eigenvalue weighted by Crippen LogP contribution is -2.39. The molecule has 1 aliphatic rings. The number of aliphatic carboxylic acids is 2. The highest BCUT2D eigenvalue weighted by Gasteiger charge is 2.29. The molecule has 11 heteroatoms. The van der Waals surface area contributed by atoms with E-state index in [9.17, 15) is 9.59 Å². The number of hydrogen-bond donors (Lipinski definition) is 6. The fraction of sp³-hybridized carbons (Fsp3) is 0.643. The van der Waals surface area contributed by atoms with E-state index in [-0.39, 0.29) is 17.0 Å². The molecule has 0 radical (unpaired) electrons. The Morgan fingerprint density at radius 1 is 1.32 bits per heavy atom. The van der Waals surface area contributed by atoms with E-state index in [2.05, 4.69) is 17.2 Å². The Morgan fingerprint density at radius 3 is 2.36 bits per heavy atom. The predicted molar refractivity (Wildman–Crippen MR) is 98.2 cm³/mol. The van der Waals surface area contributed by atoms with Crippen LogP contribution in [0.4, 0.5) is 5.13 Å². The van der Waals surface area contributed by atoms with E-state index in [1.807, 2.05) is 0 Å². The largest absolute Gasteiger partial charge is 0.479 e. The second-order valence-corrected chi connectivity index (χ2v) is 6.50. The van der Waals surface area contributed by atoms with Crippen molar-refractivity contribution in [2.45, 2.75) is 50.9 Å². The fourth-order valence-electron chi connectivity index (χ4n) is 2.19. The van der Waals surface area contributed by atoms with Crippen molar-refractivity contribution in [3.63, 3.8) is 0 Å². The van der Waals surface area contributed by atoms with E-state index in [1.54, 1.807) is 11.3 Å². The van der Waals surface area contributed by atoms with Gasteiger partial charge in [0.1, 0.15) is 0 Å². The lowest BCUT2D eigenvalue weighted by Gasteiger charge is -2.21. The third-order valence-corrected chi connectivity index (χ3v) is 4.39. The quantitative estimate of drug-likeness (QED) is 0.357. The van der Waals surface area contributed by atoms with Gasteiger partial charge in [-0.3, -0.25) is 0 Å². The number of thiazole rings is 1. The van der Waals surface area contributed by atoms with Crippen molar-refractivity contribution in [3.05, 3.63) is 10.6 Å². The molecule has 1 aromatic rings. The maximum atomic E-state index is 9.77. The molecule has 0 fully saturated rings. The highest BCUT2D eigenvalue weighted by atomic mass is 79.9. The van der Waals surface area contributed by atoms with Crippen LogP contribution in [0.2, 0.25) is 0 Å². The zero-order chi connectivity index (χ0) is 18.3. The van der Waals surface area contributed by atoms with Crippen molar-refractivity contribution < 1.29 is 30.0 Å². The molecule has 0 aliphatic heterocycles. The number of carbonyl (C=O) groups is 2. The zero-order valence-electron chi connectivity index (χ0n) is 13.7. The molecule has 0 amide bonds. The monoisotopic (exact) mass is 441 g/mol. The maximum Gasteiger partial charge on any atom is 0.335 e. The van der Waals surface area contributed by atoms with Crippen molar-refractivity contribution >= 4 is 45.4 Å². The maximum absolute atomic E-state index is 9.77. The lowest BCUT2D eigenvalue weighted by atomic mass is 9.98. The number of aliphatic hydroxyl groups is 2. The smallest absolute Gasteiger partial charge is 0.335 e. The third kappa shape index (κ3) is 7.65. The summed E-state index contributed by atoms with van der Waals surface area (Å²) < 4.78 is 0. The summed E-state index contributed by atoms with van der Waals surface area (Å²) in [5.41, 5.74) is 6.93. The van der Waals surface area contributed by atoms with E-state index in [1.165, 1.54) is 23.4 Å². The van der Waals surface area contributed by atoms with Gasteiger partial charge in [-0.15, -0.1) is 28.3 Å². The van der Waals surface area contributed by atoms with Crippen LogP contribution < -0.4 is 11.1 Å². The Hall–Kier alpha value is -1.27. The molecule has 1 heterocycles. The van der Waals surface area contributed by atoms with Gasteiger partial charge in [0.25, 0.3) is 0 Å². The average molecular weight is 442 g/mol. The van der Waals surface area contributed by atoms with Crippen molar-refractivity contribution in [2.24, 2.45) is 0 Å². The van der Waals surface area contributed by atoms with Gasteiger partial charge in [-0.1, -0.05) is 6.92 Å². The van der Waals surface area contributed by atoms with Crippen LogP contribution in [0.5, 0.6) is 0 Å². The molecule has 144 valence electrons. The zero-order valence-corrected chi connectivity index (χ0v) is 16.2. The van der Waals surface area contributed by atoms with E-state index < -0.39 is 24.1 Å². The van der Waals surface area contributed by atoms with Crippen molar-refractivity contribution in [1.82, 2.24) is 10.3 Å². The van der Waals surface area contributed by atoms with Crippen LogP contribution in [-0.2, 0) is 22.4 Å². The van der Waals surface area contributed by atoms with Crippen molar-refractivity contribution in [1.29, 1.82) is 0 Å². The Kier molecular flexibility index (Phi) is 10.8. The SMILES string of the molecule is Br.CCCN[C@H]1CCc2nc(N)sc2C1.O=C(O)C(O)C(O)C(=O)O. The van der Waals surface area contributed by atoms with Crippen LogP contribution in [0.15, 0.2) is 0 Å². The molecular weight excluding hydrogens is 418 g/mol. The van der Waals surface area contributed by atoms with E-state index in [4.69, 9.17) is 26.2 Å². The lowest BCUT2D eigenvalue weighted by molar-refractivity contribution is -0.165. The summed E-state index contributed by atoms with van der Waals surface area (Å²) in [7, 11) is 0. The standard InChI is InChI=1S/C10H17N3S.C4H6O6.BrH/c1-2-5-12-7-3-4-8-9(6-7)14-10(11)13-8;5-1(3(7)8)2(6)4(9)10;/h7,12H,2-6H2,1H3,(H2,11,13);1-2,5-6H,(H,7,8)(H,9,10);1H/t7-;;/m0../s1. The molecule has 0 bridgehead atoms. The van der Waals surface area contributed by atoms with Crippen LogP contribution in [0.1, 0.15) is 30.3 Å². The fourth-order valence-corrected chi connectivity index (χ4v) is 3.15. The van der Waals surface area contributed by atoms with Crippen LogP contribution in [0.3, 0.4) is 0 Å². The minimum absolute atomic E-state index is 0. The summed E-state index contributed by atoms with van der Waals surface area (Å²) >= 11 is 1.65. The van der Waals surface area contributed by atoms with Crippen molar-refractivity contribution in [2.75, 3.05) is 12.3 Å². The van der Waals surface area contributed by atoms with Gasteiger partial charge < -0.3 is 31.5 Å². The number of hydrogen-bond acceptors (Lipinski definition) is 8. The molecular formula is C14H24BrN3O6S. The molecule has 2 rings (SSSR count). The molecule has 0 saturated heterocycles. The first-order valence-electron chi connectivity index (χ1n) is 7.55. The number of aryl methyl sites for hydroxylation is 1. The Balaban J connectivity index is 0.000000471. The molecule has 1 aliphatic carbocycles. The summed E-state index contributed by atoms with van der Waals surface area (Å²) in [6, 6.07) is 0.641. The second kappa shape index (κ2) is 11.4. The number of halogens is 1. The highest BCUT2D eigenvalue weighted by Crippen LogP contribution is 2.27. The van der Waals surface area contributed by atoms with Crippen LogP contribution >= 0.6 is 28.3 Å². The number of nitrogens with zero attached hydrogens (tertiary/aromatic N) is 1. The van der Waals surface area contributed by atoms with Gasteiger partial charge in [-0.25, -0.2) is 14.6 Å². The molecule has 7 N–H and O–H groups in total. The van der Waals surface area contributed by atoms with Gasteiger partial charge in [0.05, 0.1) is 5.69 Å². The number of anilines is 1. The van der Waals surface area contributed by atoms with Crippen molar-refractivity contribution in [3.8, 4) is 0 Å². The van der Waals surface area contributed by atoms with Gasteiger partial charge in [-0.05, 0) is 32.2 Å². The number of rotatable bonds is 6. The number of aromatic nitrogens is 1. The molecule has 0 aromatic carbocycles. The number of aliphatic hydroxyl groups excluding tert-OH is 2. The van der Waals surface area contributed by atoms with Gasteiger partial charge in [0, 0.05) is 10.9 Å². The average Bonchev–Trinajstić information content (AvgIpc) is 2.91. The Bertz CT molecular complexity index is 553. The van der Waals surface area contributed by atoms with Gasteiger partial charge in [0.15, 0.2) is 17.3 Å². The predicted octanol–water partition coefficient (Wildman–Crippen LogP) is 0.0375. The van der Waals surface area contributed by atoms with Gasteiger partial charge in [0.2, 0.25) is 0 Å². The highest BCUT2D eigenvalue weighted by molar-refractivity contribution is 8.93. The summed E-state index contributed by atoms with van der Waals surface area (Å²) in [5, 5.41) is 36.8. The number of nitrogens with one attached hydrogen (secondary N) is 1. The minimum Gasteiger partial charge on any atom is -0.479 e. The molecule has 0 saturated carbocycles. The number of carboxylic acid groups (broad SMARTS) is 2. The molecule has 2 unspecified atom stereocenters. The summed E-state index contributed by atoms with van der Waals surface area (Å²) in [6.45, 7) is 3.32. The van der Waals surface area contributed by atoms with Gasteiger partial charge >= 0.3 is 11.9 Å². The molecule has 1 aromatic heterocycles. The van der Waals surface area contributed by atoms with E-state index in [0.29, 0.717) is 6.04 Å². The Morgan fingerprint density at radius 2 is 1.88 bits per heavy atom. The van der Waals surface area contributed by atoms with Crippen LogP contribution in [0.25, 0.3) is 0 Å². The molecule has 0 spiro atoms. The minimum atomic E-state index is -2.27. The molecule has 3 atom stereocenters. The number of nitrogen functional groups attached to an aromatic ring is 1. The first-order valence-corrected chi connectivity index (χ1v) is 8.37. The van der Waals surface area contributed by atoms with Gasteiger partial charge in [-0.2, -0.15) is 0 Å². The number of carboxylic acids is 2. The normalized spacial score (nSPS) is 18.0. The molecule has 9 nitrogen and oxygen atoms in total. The Labute approximate surface area is 159 Å². The summed E-state index contributed by atoms with van der Waals surface area (Å²) in [4.78, 5) is 25.3. The van der Waals surface area contributed by atoms with Crippen LogP contribution in [-0.4, -0.2) is 62.1 Å². The topological polar surface area (TPSA) is 166 Å².